The van der Waals surface area contributed by atoms with Gasteiger partial charge in [-0.05, 0) is 59.7 Å². The van der Waals surface area contributed by atoms with Crippen LogP contribution in [0.4, 0.5) is 0 Å². The molecule has 4 nitrogen and oxygen atoms in total. The minimum Gasteiger partial charge on any atom is -0.477 e. The van der Waals surface area contributed by atoms with Crippen molar-refractivity contribution in [1.29, 1.82) is 0 Å². The van der Waals surface area contributed by atoms with Crippen LogP contribution in [0.3, 0.4) is 0 Å². The molecule has 2 heterocycles. The van der Waals surface area contributed by atoms with Gasteiger partial charge in [-0.1, -0.05) is 78.1 Å². The number of aromatic carboxylic acids is 2. The first-order valence-electron chi connectivity index (χ1n) is 12.9. The van der Waals surface area contributed by atoms with E-state index < -0.39 is 11.9 Å². The van der Waals surface area contributed by atoms with Crippen molar-refractivity contribution in [3.63, 3.8) is 0 Å². The summed E-state index contributed by atoms with van der Waals surface area (Å²) in [6, 6.07) is 4.11. The number of benzene rings is 1. The van der Waals surface area contributed by atoms with E-state index in [9.17, 15) is 19.8 Å². The highest BCUT2D eigenvalue weighted by Crippen LogP contribution is 2.41. The molecule has 1 aromatic carbocycles. The average Bonchev–Trinajstić information content (AvgIpc) is 3.35. The normalized spacial score (nSPS) is 11.6. The van der Waals surface area contributed by atoms with Crippen LogP contribution in [0.15, 0.2) is 12.1 Å². The Morgan fingerprint density at radius 3 is 1.32 bits per heavy atom. The number of unbranched alkanes of at least 4 members (excludes halogenated alkanes) is 10. The summed E-state index contributed by atoms with van der Waals surface area (Å²) >= 11 is 2.68. The molecule has 0 saturated heterocycles. The minimum absolute atomic E-state index is 0.442. The Hall–Kier alpha value is -1.92. The molecule has 0 bridgehead atoms. The molecule has 186 valence electrons. The van der Waals surface area contributed by atoms with Crippen molar-refractivity contribution in [3.05, 3.63) is 33.0 Å². The Labute approximate surface area is 211 Å². The molecule has 0 radical (unpaired) electrons. The summed E-state index contributed by atoms with van der Waals surface area (Å²) < 4.78 is 1.93. The van der Waals surface area contributed by atoms with Crippen molar-refractivity contribution in [2.75, 3.05) is 0 Å². The highest BCUT2D eigenvalue weighted by Gasteiger charge is 2.22. The van der Waals surface area contributed by atoms with Crippen LogP contribution in [-0.2, 0) is 12.8 Å². The molecular formula is C28H38O4S2. The van der Waals surface area contributed by atoms with Gasteiger partial charge in [0.2, 0.25) is 0 Å². The molecule has 0 saturated carbocycles. The molecule has 3 rings (SSSR count). The van der Waals surface area contributed by atoms with Gasteiger partial charge in [-0.2, -0.15) is 0 Å². The number of rotatable bonds is 16. The monoisotopic (exact) mass is 502 g/mol. The molecule has 0 fully saturated rings. The van der Waals surface area contributed by atoms with Gasteiger partial charge in [0.25, 0.3) is 0 Å². The third kappa shape index (κ3) is 6.60. The van der Waals surface area contributed by atoms with Crippen molar-refractivity contribution in [2.45, 2.75) is 104 Å². The van der Waals surface area contributed by atoms with E-state index in [-0.39, 0.29) is 0 Å². The predicted octanol–water partition coefficient (Wildman–Crippen LogP) is 9.32. The lowest BCUT2D eigenvalue weighted by atomic mass is 9.99. The predicted molar refractivity (Wildman–Crippen MR) is 145 cm³/mol. The Kier molecular flexibility index (Phi) is 10.4. The van der Waals surface area contributed by atoms with Crippen molar-refractivity contribution < 1.29 is 19.8 Å². The number of hydrogen-bond acceptors (Lipinski definition) is 4. The van der Waals surface area contributed by atoms with Crippen molar-refractivity contribution in [1.82, 2.24) is 0 Å². The van der Waals surface area contributed by atoms with E-state index in [1.165, 1.54) is 74.0 Å². The molecule has 3 aromatic rings. The lowest BCUT2D eigenvalue weighted by molar-refractivity contribution is 0.0690. The molecule has 34 heavy (non-hydrogen) atoms. The van der Waals surface area contributed by atoms with Gasteiger partial charge in [0.05, 0.1) is 0 Å². The number of carboxylic acid groups (broad SMARTS) is 2. The third-order valence-electron chi connectivity index (χ3n) is 6.65. The summed E-state index contributed by atoms with van der Waals surface area (Å²) in [7, 11) is 0. The first kappa shape index (κ1) is 26.7. The van der Waals surface area contributed by atoms with E-state index >= 15 is 0 Å². The van der Waals surface area contributed by atoms with Crippen LogP contribution in [0.5, 0.6) is 0 Å². The molecule has 0 unspecified atom stereocenters. The smallest absolute Gasteiger partial charge is 0.346 e. The summed E-state index contributed by atoms with van der Waals surface area (Å²) in [5.41, 5.74) is 1.85. The van der Waals surface area contributed by atoms with Crippen LogP contribution in [-0.4, -0.2) is 22.2 Å². The Morgan fingerprint density at radius 1 is 0.618 bits per heavy atom. The second-order valence-electron chi connectivity index (χ2n) is 9.31. The number of fused-ring (bicyclic) bond motifs is 2. The number of thiophene rings is 2. The fraction of sp³-hybridized carbons (Fsp3) is 0.571. The molecule has 0 aliphatic heterocycles. The van der Waals surface area contributed by atoms with E-state index in [2.05, 4.69) is 26.0 Å². The van der Waals surface area contributed by atoms with Gasteiger partial charge >= 0.3 is 11.9 Å². The van der Waals surface area contributed by atoms with Gasteiger partial charge in [-0.25, -0.2) is 9.59 Å². The van der Waals surface area contributed by atoms with Gasteiger partial charge in [0, 0.05) is 9.40 Å². The lowest BCUT2D eigenvalue weighted by Gasteiger charge is -2.04. The van der Waals surface area contributed by atoms with Crippen LogP contribution in [0, 0.1) is 0 Å². The largest absolute Gasteiger partial charge is 0.477 e. The average molecular weight is 503 g/mol. The van der Waals surface area contributed by atoms with E-state index in [0.717, 1.165) is 69.8 Å². The number of aryl methyl sites for hydroxylation is 2. The first-order valence-corrected chi connectivity index (χ1v) is 14.6. The van der Waals surface area contributed by atoms with Crippen LogP contribution in [0.1, 0.15) is 121 Å². The molecule has 0 atom stereocenters. The zero-order chi connectivity index (χ0) is 24.5. The van der Waals surface area contributed by atoms with E-state index in [4.69, 9.17) is 0 Å². The highest BCUT2D eigenvalue weighted by molar-refractivity contribution is 7.22. The first-order chi connectivity index (χ1) is 16.5. The second kappa shape index (κ2) is 13.2. The summed E-state index contributed by atoms with van der Waals surface area (Å²) in [4.78, 5) is 24.9. The molecule has 0 aliphatic rings. The van der Waals surface area contributed by atoms with E-state index in [0.29, 0.717) is 9.75 Å². The standard InChI is InChI=1S/C28H38O4S2/c1-3-5-7-9-11-13-15-19-21-17-24-22(18-23(21)33-25(19)27(29)30)20(26(34-24)28(31)32)16-14-12-10-8-6-4-2/h17-18H,3-16H2,1-2H3,(H,29,30)(H,31,32). The second-order valence-corrected chi connectivity index (χ2v) is 11.4. The fourth-order valence-corrected chi connectivity index (χ4v) is 7.02. The molecule has 2 aromatic heterocycles. The van der Waals surface area contributed by atoms with E-state index in [1.54, 1.807) is 0 Å². The van der Waals surface area contributed by atoms with Gasteiger partial charge in [0.15, 0.2) is 0 Å². The lowest BCUT2D eigenvalue weighted by Crippen LogP contribution is -1.98. The van der Waals surface area contributed by atoms with Gasteiger partial charge in [-0.15, -0.1) is 22.7 Å². The van der Waals surface area contributed by atoms with Crippen molar-refractivity contribution >= 4 is 54.8 Å². The zero-order valence-corrected chi connectivity index (χ0v) is 22.2. The fourth-order valence-electron chi connectivity index (χ4n) is 4.79. The van der Waals surface area contributed by atoms with Crippen LogP contribution >= 0.6 is 22.7 Å². The maximum Gasteiger partial charge on any atom is 0.346 e. The van der Waals surface area contributed by atoms with Crippen LogP contribution in [0.25, 0.3) is 20.2 Å². The molecule has 2 N–H and O–H groups in total. The van der Waals surface area contributed by atoms with E-state index in [1.807, 2.05) is 0 Å². The van der Waals surface area contributed by atoms with Crippen LogP contribution in [0.2, 0.25) is 0 Å². The summed E-state index contributed by atoms with van der Waals surface area (Å²) in [5, 5.41) is 21.7. The van der Waals surface area contributed by atoms with Gasteiger partial charge in [0.1, 0.15) is 9.75 Å². The molecular weight excluding hydrogens is 464 g/mol. The molecule has 6 heteroatoms. The molecule has 0 amide bonds. The van der Waals surface area contributed by atoms with Gasteiger partial charge < -0.3 is 10.2 Å². The van der Waals surface area contributed by atoms with Crippen molar-refractivity contribution in [2.24, 2.45) is 0 Å². The Morgan fingerprint density at radius 2 is 0.971 bits per heavy atom. The third-order valence-corrected chi connectivity index (χ3v) is 9.02. The van der Waals surface area contributed by atoms with Crippen molar-refractivity contribution in [3.8, 4) is 0 Å². The maximum atomic E-state index is 12.0. The topological polar surface area (TPSA) is 74.6 Å². The quantitative estimate of drug-likeness (QED) is 0.191. The number of carboxylic acids is 2. The zero-order valence-electron chi connectivity index (χ0n) is 20.6. The Balaban J connectivity index is 1.87. The molecule has 0 aliphatic carbocycles. The molecule has 0 spiro atoms. The Bertz CT molecular complexity index is 1020. The maximum absolute atomic E-state index is 12.0. The van der Waals surface area contributed by atoms with Gasteiger partial charge in [-0.3, -0.25) is 0 Å². The summed E-state index contributed by atoms with van der Waals surface area (Å²) in [6.45, 7) is 4.41. The SMILES string of the molecule is CCCCCCCCc1c(C(=O)O)sc2cc3c(CCCCCCCC)c(C(=O)O)sc3cc12. The number of hydrogen-bond donors (Lipinski definition) is 2. The minimum atomic E-state index is -0.857. The highest BCUT2D eigenvalue weighted by atomic mass is 32.1. The summed E-state index contributed by atoms with van der Waals surface area (Å²) in [5.74, 6) is -1.71. The number of carbonyl (C=O) groups is 2. The summed E-state index contributed by atoms with van der Waals surface area (Å²) in [6.07, 6.45) is 15.5. The van der Waals surface area contributed by atoms with Crippen LogP contribution < -0.4 is 0 Å².